The first-order chi connectivity index (χ1) is 8.65. The predicted molar refractivity (Wildman–Crippen MR) is 63.2 cm³/mol. The number of nitrogens with two attached hydrogens (primary N) is 1. The molecule has 0 unspecified atom stereocenters. The van der Waals surface area contributed by atoms with Crippen LogP contribution in [0.25, 0.3) is 0 Å². The molecule has 2 heterocycles. The van der Waals surface area contributed by atoms with E-state index in [1.165, 1.54) is 18.3 Å². The number of nitrogen functional groups attached to an aromatic ring is 1. The first kappa shape index (κ1) is 12.0. The highest BCUT2D eigenvalue weighted by Crippen LogP contribution is 1.99. The van der Waals surface area contributed by atoms with Crippen LogP contribution in [0.1, 0.15) is 10.5 Å². The summed E-state index contributed by atoms with van der Waals surface area (Å²) in [5.74, 6) is -0.825. The second kappa shape index (κ2) is 5.26. The van der Waals surface area contributed by atoms with E-state index in [2.05, 4.69) is 15.4 Å². The van der Waals surface area contributed by atoms with Gasteiger partial charge in [-0.25, -0.2) is 9.37 Å². The molecule has 7 heteroatoms. The maximum atomic E-state index is 12.6. The van der Waals surface area contributed by atoms with Crippen molar-refractivity contribution >= 4 is 11.6 Å². The van der Waals surface area contributed by atoms with Crippen molar-refractivity contribution in [1.29, 1.82) is 0 Å². The molecule has 1 amide bonds. The number of pyridine rings is 1. The summed E-state index contributed by atoms with van der Waals surface area (Å²) in [6.45, 7) is 0.892. The standard InChI is InChI=1S/C11H12FN5O/c12-8-1-2-10(15-5-8)11(18)14-3-4-17-7-9(13)6-16-17/h1-2,5-7H,3-4,13H2,(H,14,18). The van der Waals surface area contributed by atoms with Crippen molar-refractivity contribution in [3.05, 3.63) is 42.2 Å². The summed E-state index contributed by atoms with van der Waals surface area (Å²) < 4.78 is 14.2. The lowest BCUT2D eigenvalue weighted by Crippen LogP contribution is -2.28. The quantitative estimate of drug-likeness (QED) is 0.822. The molecule has 0 saturated heterocycles. The Balaban J connectivity index is 1.83. The molecule has 2 aromatic heterocycles. The van der Waals surface area contributed by atoms with Crippen molar-refractivity contribution in [2.75, 3.05) is 12.3 Å². The summed E-state index contributed by atoms with van der Waals surface area (Å²) in [4.78, 5) is 15.3. The number of anilines is 1. The minimum absolute atomic E-state index is 0.177. The van der Waals surface area contributed by atoms with E-state index in [-0.39, 0.29) is 11.6 Å². The highest BCUT2D eigenvalue weighted by molar-refractivity contribution is 5.92. The van der Waals surface area contributed by atoms with Crippen molar-refractivity contribution < 1.29 is 9.18 Å². The second-order valence-corrected chi connectivity index (χ2v) is 3.65. The SMILES string of the molecule is Nc1cnn(CCNC(=O)c2ccc(F)cn2)c1. The third kappa shape index (κ3) is 3.03. The highest BCUT2D eigenvalue weighted by atomic mass is 19.1. The van der Waals surface area contributed by atoms with Crippen molar-refractivity contribution in [3.8, 4) is 0 Å². The Morgan fingerprint density at radius 1 is 1.44 bits per heavy atom. The van der Waals surface area contributed by atoms with Gasteiger partial charge in [0, 0.05) is 12.7 Å². The largest absolute Gasteiger partial charge is 0.396 e. The fraction of sp³-hybridized carbons (Fsp3) is 0.182. The van der Waals surface area contributed by atoms with Gasteiger partial charge in [-0.2, -0.15) is 5.10 Å². The van der Waals surface area contributed by atoms with Crippen LogP contribution in [-0.4, -0.2) is 27.2 Å². The third-order valence-electron chi connectivity index (χ3n) is 2.24. The first-order valence-electron chi connectivity index (χ1n) is 5.33. The van der Waals surface area contributed by atoms with Gasteiger partial charge in [-0.15, -0.1) is 0 Å². The molecule has 0 atom stereocenters. The average Bonchev–Trinajstić information content (AvgIpc) is 2.76. The van der Waals surface area contributed by atoms with Crippen LogP contribution in [0.4, 0.5) is 10.1 Å². The molecule has 0 aliphatic rings. The fourth-order valence-corrected chi connectivity index (χ4v) is 1.39. The lowest BCUT2D eigenvalue weighted by atomic mass is 10.3. The van der Waals surface area contributed by atoms with Gasteiger partial charge < -0.3 is 11.1 Å². The van der Waals surface area contributed by atoms with E-state index in [0.717, 1.165) is 6.20 Å². The molecule has 0 saturated carbocycles. The number of hydrogen-bond acceptors (Lipinski definition) is 4. The number of hydrogen-bond donors (Lipinski definition) is 2. The Kier molecular flexibility index (Phi) is 3.52. The van der Waals surface area contributed by atoms with Gasteiger partial charge in [0.05, 0.1) is 24.6 Å². The normalized spacial score (nSPS) is 10.3. The second-order valence-electron chi connectivity index (χ2n) is 3.65. The van der Waals surface area contributed by atoms with Crippen LogP contribution >= 0.6 is 0 Å². The molecule has 94 valence electrons. The van der Waals surface area contributed by atoms with Crippen LogP contribution in [0, 0.1) is 5.82 Å². The zero-order valence-corrected chi connectivity index (χ0v) is 9.51. The van der Waals surface area contributed by atoms with Gasteiger partial charge in [-0.3, -0.25) is 9.48 Å². The van der Waals surface area contributed by atoms with Crippen LogP contribution in [0.2, 0.25) is 0 Å². The maximum absolute atomic E-state index is 12.6. The molecule has 0 fully saturated rings. The molecule has 3 N–H and O–H groups in total. The number of carbonyl (C=O) groups excluding carboxylic acids is 1. The number of nitrogens with one attached hydrogen (secondary N) is 1. The topological polar surface area (TPSA) is 85.8 Å². The average molecular weight is 249 g/mol. The molecule has 2 rings (SSSR count). The lowest BCUT2D eigenvalue weighted by Gasteiger charge is -2.04. The van der Waals surface area contributed by atoms with Gasteiger partial charge in [0.15, 0.2) is 0 Å². The van der Waals surface area contributed by atoms with Crippen molar-refractivity contribution in [3.63, 3.8) is 0 Å². The summed E-state index contributed by atoms with van der Waals surface area (Å²) in [5.41, 5.74) is 6.25. The molecular formula is C11H12FN5O. The Hall–Kier alpha value is -2.44. The fourth-order valence-electron chi connectivity index (χ4n) is 1.39. The van der Waals surface area contributed by atoms with Gasteiger partial charge >= 0.3 is 0 Å². The molecule has 18 heavy (non-hydrogen) atoms. The summed E-state index contributed by atoms with van der Waals surface area (Å²) in [7, 11) is 0. The molecule has 0 spiro atoms. The monoisotopic (exact) mass is 249 g/mol. The highest BCUT2D eigenvalue weighted by Gasteiger charge is 2.06. The summed E-state index contributed by atoms with van der Waals surface area (Å²) in [5, 5.41) is 6.62. The Morgan fingerprint density at radius 2 is 2.28 bits per heavy atom. The molecule has 2 aromatic rings. The van der Waals surface area contributed by atoms with E-state index in [4.69, 9.17) is 5.73 Å². The van der Waals surface area contributed by atoms with Gasteiger partial charge in [0.1, 0.15) is 11.5 Å². The van der Waals surface area contributed by atoms with E-state index < -0.39 is 5.82 Å². The molecule has 0 aromatic carbocycles. The lowest BCUT2D eigenvalue weighted by molar-refractivity contribution is 0.0947. The number of aromatic nitrogens is 3. The van der Waals surface area contributed by atoms with Gasteiger partial charge in [0.25, 0.3) is 5.91 Å². The maximum Gasteiger partial charge on any atom is 0.269 e. The van der Waals surface area contributed by atoms with Gasteiger partial charge in [-0.05, 0) is 12.1 Å². The minimum atomic E-state index is -0.474. The summed E-state index contributed by atoms with van der Waals surface area (Å²) in [6, 6.07) is 2.52. The predicted octanol–water partition coefficient (Wildman–Crippen LogP) is 0.429. The summed E-state index contributed by atoms with van der Waals surface area (Å²) >= 11 is 0. The third-order valence-corrected chi connectivity index (χ3v) is 2.24. The minimum Gasteiger partial charge on any atom is -0.396 e. The van der Waals surface area contributed by atoms with E-state index in [0.29, 0.717) is 18.8 Å². The molecule has 0 aliphatic carbocycles. The molecule has 0 radical (unpaired) electrons. The zero-order chi connectivity index (χ0) is 13.0. The Bertz CT molecular complexity index is 537. The molecule has 0 bridgehead atoms. The number of amides is 1. The first-order valence-corrected chi connectivity index (χ1v) is 5.33. The van der Waals surface area contributed by atoms with Gasteiger partial charge in [0.2, 0.25) is 0 Å². The van der Waals surface area contributed by atoms with E-state index >= 15 is 0 Å². The molecular weight excluding hydrogens is 237 g/mol. The van der Waals surface area contributed by atoms with Crippen molar-refractivity contribution in [2.45, 2.75) is 6.54 Å². The number of rotatable bonds is 4. The number of carbonyl (C=O) groups is 1. The van der Waals surface area contributed by atoms with E-state index in [1.54, 1.807) is 10.9 Å². The zero-order valence-electron chi connectivity index (χ0n) is 9.51. The van der Waals surface area contributed by atoms with Crippen LogP contribution in [0.15, 0.2) is 30.7 Å². The molecule has 0 aliphatic heterocycles. The summed E-state index contributed by atoms with van der Waals surface area (Å²) in [6.07, 6.45) is 4.20. The van der Waals surface area contributed by atoms with E-state index in [9.17, 15) is 9.18 Å². The number of nitrogens with zero attached hydrogens (tertiary/aromatic N) is 3. The van der Waals surface area contributed by atoms with E-state index in [1.807, 2.05) is 0 Å². The smallest absolute Gasteiger partial charge is 0.269 e. The Morgan fingerprint density at radius 3 is 2.89 bits per heavy atom. The Labute approximate surface area is 103 Å². The molecule has 6 nitrogen and oxygen atoms in total. The van der Waals surface area contributed by atoms with Crippen LogP contribution in [0.5, 0.6) is 0 Å². The van der Waals surface area contributed by atoms with Crippen LogP contribution in [0.3, 0.4) is 0 Å². The van der Waals surface area contributed by atoms with Gasteiger partial charge in [-0.1, -0.05) is 0 Å². The van der Waals surface area contributed by atoms with Crippen LogP contribution < -0.4 is 11.1 Å². The van der Waals surface area contributed by atoms with Crippen molar-refractivity contribution in [1.82, 2.24) is 20.1 Å². The van der Waals surface area contributed by atoms with Crippen LogP contribution in [-0.2, 0) is 6.54 Å². The number of halogens is 1. The van der Waals surface area contributed by atoms with Crippen molar-refractivity contribution in [2.24, 2.45) is 0 Å².